The van der Waals surface area contributed by atoms with E-state index in [1.807, 2.05) is 0 Å². The molecule has 0 bridgehead atoms. The first kappa shape index (κ1) is 15.3. The van der Waals surface area contributed by atoms with Gasteiger partial charge in [-0.2, -0.15) is 0 Å². The molecule has 2 N–H and O–H groups in total. The minimum Gasteiger partial charge on any atom is -0.375 e. The molecule has 19 heavy (non-hydrogen) atoms. The molecule has 0 aromatic heterocycles. The van der Waals surface area contributed by atoms with Crippen molar-refractivity contribution < 1.29 is 4.74 Å². The molecule has 2 heterocycles. The largest absolute Gasteiger partial charge is 0.375 e. The van der Waals surface area contributed by atoms with Crippen LogP contribution in [0.3, 0.4) is 0 Å². The number of likely N-dealkylation sites (tertiary alicyclic amines) is 1. The minimum absolute atomic E-state index is 0.0265. The molecule has 0 aromatic carbocycles. The molecule has 0 amide bonds. The molecule has 1 unspecified atom stereocenters. The van der Waals surface area contributed by atoms with Crippen LogP contribution < -0.4 is 5.73 Å². The molecule has 2 aliphatic heterocycles. The monoisotopic (exact) mass is 268 g/mol. The van der Waals surface area contributed by atoms with Crippen molar-refractivity contribution >= 4 is 0 Å². The SMILES string of the molecule is CCC1(CC)CCN(C2(CN)CCOC(C)(C)C2)C1. The Morgan fingerprint density at radius 3 is 2.32 bits per heavy atom. The highest BCUT2D eigenvalue weighted by atomic mass is 16.5. The summed E-state index contributed by atoms with van der Waals surface area (Å²) in [4.78, 5) is 2.70. The van der Waals surface area contributed by atoms with Crippen LogP contribution in [-0.4, -0.2) is 42.3 Å². The zero-order chi connectivity index (χ0) is 14.1. The molecule has 3 heteroatoms. The summed E-state index contributed by atoms with van der Waals surface area (Å²) >= 11 is 0. The molecular formula is C16H32N2O. The smallest absolute Gasteiger partial charge is 0.0644 e. The maximum Gasteiger partial charge on any atom is 0.0644 e. The lowest BCUT2D eigenvalue weighted by Gasteiger charge is -2.50. The zero-order valence-corrected chi connectivity index (χ0v) is 13.3. The molecule has 2 fully saturated rings. The molecule has 3 nitrogen and oxygen atoms in total. The van der Waals surface area contributed by atoms with Gasteiger partial charge in [0, 0.05) is 25.2 Å². The number of nitrogens with two attached hydrogens (primary N) is 1. The maximum atomic E-state index is 6.21. The summed E-state index contributed by atoms with van der Waals surface area (Å²) in [5.41, 5.74) is 6.89. The quantitative estimate of drug-likeness (QED) is 0.852. The Morgan fingerprint density at radius 1 is 1.16 bits per heavy atom. The van der Waals surface area contributed by atoms with Crippen LogP contribution in [-0.2, 0) is 4.74 Å². The highest BCUT2D eigenvalue weighted by molar-refractivity contribution is 5.03. The fraction of sp³-hybridized carbons (Fsp3) is 1.00. The van der Waals surface area contributed by atoms with Crippen LogP contribution in [0.25, 0.3) is 0 Å². The number of rotatable bonds is 4. The van der Waals surface area contributed by atoms with Gasteiger partial charge in [0.15, 0.2) is 0 Å². The summed E-state index contributed by atoms with van der Waals surface area (Å²) in [6.45, 7) is 13.2. The average molecular weight is 268 g/mol. The van der Waals surface area contributed by atoms with E-state index in [2.05, 4.69) is 32.6 Å². The van der Waals surface area contributed by atoms with Gasteiger partial charge < -0.3 is 10.5 Å². The Morgan fingerprint density at radius 2 is 1.84 bits per heavy atom. The van der Waals surface area contributed by atoms with Gasteiger partial charge >= 0.3 is 0 Å². The lowest BCUT2D eigenvalue weighted by Crippen LogP contribution is -2.60. The van der Waals surface area contributed by atoms with Crippen molar-refractivity contribution in [2.45, 2.75) is 70.9 Å². The molecule has 112 valence electrons. The standard InChI is InChI=1S/C16H32N2O/c1-5-15(6-2)7-9-18(13-15)16(12-17)8-10-19-14(3,4)11-16/h5-13,17H2,1-4H3. The topological polar surface area (TPSA) is 38.5 Å². The Labute approximate surface area is 118 Å². The van der Waals surface area contributed by atoms with Crippen molar-refractivity contribution in [1.29, 1.82) is 0 Å². The molecular weight excluding hydrogens is 236 g/mol. The first-order valence-electron chi connectivity index (χ1n) is 8.00. The highest BCUT2D eigenvalue weighted by Gasteiger charge is 2.48. The molecule has 0 spiro atoms. The normalized spacial score (nSPS) is 34.6. The number of hydrogen-bond donors (Lipinski definition) is 1. The third-order valence-corrected chi connectivity index (χ3v) is 5.80. The van der Waals surface area contributed by atoms with Gasteiger partial charge in [0.05, 0.1) is 5.60 Å². The van der Waals surface area contributed by atoms with Crippen molar-refractivity contribution in [2.24, 2.45) is 11.1 Å². The van der Waals surface area contributed by atoms with Gasteiger partial charge in [-0.25, -0.2) is 0 Å². The molecule has 0 saturated carbocycles. The van der Waals surface area contributed by atoms with E-state index in [-0.39, 0.29) is 11.1 Å². The average Bonchev–Trinajstić information content (AvgIpc) is 2.83. The first-order chi connectivity index (χ1) is 8.91. The lowest BCUT2D eigenvalue weighted by molar-refractivity contribution is -0.115. The van der Waals surface area contributed by atoms with Gasteiger partial charge in [0.2, 0.25) is 0 Å². The predicted octanol–water partition coefficient (Wildman–Crippen LogP) is 2.79. The number of hydrogen-bond acceptors (Lipinski definition) is 3. The van der Waals surface area contributed by atoms with Gasteiger partial charge in [0.1, 0.15) is 0 Å². The maximum absolute atomic E-state index is 6.21. The van der Waals surface area contributed by atoms with Crippen LogP contribution in [0, 0.1) is 5.41 Å². The van der Waals surface area contributed by atoms with Crippen molar-refractivity contribution in [3.63, 3.8) is 0 Å². The van der Waals surface area contributed by atoms with E-state index in [0.717, 1.165) is 26.0 Å². The second kappa shape index (κ2) is 5.34. The number of nitrogens with zero attached hydrogens (tertiary/aromatic N) is 1. The second-order valence-electron chi connectivity index (χ2n) is 7.34. The van der Waals surface area contributed by atoms with E-state index in [1.165, 1.54) is 32.4 Å². The molecule has 0 radical (unpaired) electrons. The Hall–Kier alpha value is -0.120. The molecule has 2 aliphatic rings. The summed E-state index contributed by atoms with van der Waals surface area (Å²) in [5, 5.41) is 0. The Kier molecular flexibility index (Phi) is 4.29. The molecule has 2 rings (SSSR count). The van der Waals surface area contributed by atoms with Gasteiger partial charge in [-0.15, -0.1) is 0 Å². The Bertz CT molecular complexity index is 312. The lowest BCUT2D eigenvalue weighted by atomic mass is 9.78. The van der Waals surface area contributed by atoms with Crippen LogP contribution >= 0.6 is 0 Å². The third kappa shape index (κ3) is 2.84. The van der Waals surface area contributed by atoms with Crippen LogP contribution in [0.1, 0.15) is 59.8 Å². The van der Waals surface area contributed by atoms with E-state index in [9.17, 15) is 0 Å². The van der Waals surface area contributed by atoms with Crippen molar-refractivity contribution in [1.82, 2.24) is 4.90 Å². The second-order valence-corrected chi connectivity index (χ2v) is 7.34. The molecule has 0 aliphatic carbocycles. The molecule has 1 atom stereocenters. The van der Waals surface area contributed by atoms with Gasteiger partial charge in [-0.05, 0) is 57.9 Å². The van der Waals surface area contributed by atoms with Crippen molar-refractivity contribution in [3.05, 3.63) is 0 Å². The van der Waals surface area contributed by atoms with Gasteiger partial charge in [-0.1, -0.05) is 13.8 Å². The van der Waals surface area contributed by atoms with E-state index >= 15 is 0 Å². The molecule has 2 saturated heterocycles. The van der Waals surface area contributed by atoms with E-state index in [1.54, 1.807) is 0 Å². The van der Waals surface area contributed by atoms with Crippen LogP contribution in [0.2, 0.25) is 0 Å². The summed E-state index contributed by atoms with van der Waals surface area (Å²) in [6, 6.07) is 0. The zero-order valence-electron chi connectivity index (χ0n) is 13.3. The summed E-state index contributed by atoms with van der Waals surface area (Å²) in [7, 11) is 0. The van der Waals surface area contributed by atoms with E-state index in [0.29, 0.717) is 5.41 Å². The van der Waals surface area contributed by atoms with Gasteiger partial charge in [-0.3, -0.25) is 4.90 Å². The Balaban J connectivity index is 2.15. The van der Waals surface area contributed by atoms with Crippen LogP contribution in [0.15, 0.2) is 0 Å². The summed E-state index contributed by atoms with van der Waals surface area (Å²) < 4.78 is 5.90. The fourth-order valence-electron chi connectivity index (χ4n) is 4.19. The minimum atomic E-state index is -0.0265. The van der Waals surface area contributed by atoms with Crippen LogP contribution in [0.5, 0.6) is 0 Å². The first-order valence-corrected chi connectivity index (χ1v) is 8.00. The van der Waals surface area contributed by atoms with Crippen molar-refractivity contribution in [3.8, 4) is 0 Å². The van der Waals surface area contributed by atoms with E-state index in [4.69, 9.17) is 10.5 Å². The number of ether oxygens (including phenoxy) is 1. The van der Waals surface area contributed by atoms with E-state index < -0.39 is 0 Å². The summed E-state index contributed by atoms with van der Waals surface area (Å²) in [6.07, 6.45) is 6.08. The molecule has 0 aromatic rings. The van der Waals surface area contributed by atoms with Crippen molar-refractivity contribution in [2.75, 3.05) is 26.2 Å². The van der Waals surface area contributed by atoms with Gasteiger partial charge in [0.25, 0.3) is 0 Å². The van der Waals surface area contributed by atoms with Crippen LogP contribution in [0.4, 0.5) is 0 Å². The fourth-order valence-corrected chi connectivity index (χ4v) is 4.19. The third-order valence-electron chi connectivity index (χ3n) is 5.80. The highest BCUT2D eigenvalue weighted by Crippen LogP contribution is 2.44. The summed E-state index contributed by atoms with van der Waals surface area (Å²) in [5.74, 6) is 0. The predicted molar refractivity (Wildman–Crippen MR) is 80.3 cm³/mol.